The normalized spacial score (nSPS) is 20.1. The number of hydrogen-bond donors (Lipinski definition) is 1. The zero-order valence-corrected chi connectivity index (χ0v) is 13.3. The Labute approximate surface area is 134 Å². The van der Waals surface area contributed by atoms with E-state index < -0.39 is 6.04 Å². The minimum absolute atomic E-state index is 0.234. The van der Waals surface area contributed by atoms with Gasteiger partial charge in [0.2, 0.25) is 0 Å². The van der Waals surface area contributed by atoms with E-state index in [1.807, 2.05) is 30.3 Å². The molecule has 2 atom stereocenters. The quantitative estimate of drug-likeness (QED) is 0.689. The summed E-state index contributed by atoms with van der Waals surface area (Å²) in [6.45, 7) is 2.17. The summed E-state index contributed by atoms with van der Waals surface area (Å²) in [6.07, 6.45) is 0.512. The molecule has 0 radical (unpaired) electrons. The Bertz CT molecular complexity index is 716. The minimum atomic E-state index is -0.398. The monoisotopic (exact) mass is 319 g/mol. The minimum Gasteiger partial charge on any atom is -0.497 e. The van der Waals surface area contributed by atoms with Crippen LogP contribution in [0, 0.1) is 0 Å². The molecule has 0 saturated heterocycles. The number of anilines is 1. The predicted octanol–water partition coefficient (Wildman–Crippen LogP) is 3.88. The number of rotatable bonds is 3. The van der Waals surface area contributed by atoms with Crippen LogP contribution in [0.25, 0.3) is 10.8 Å². The molecular weight excluding hydrogens is 302 g/mol. The lowest BCUT2D eigenvalue weighted by molar-refractivity contribution is -0.144. The van der Waals surface area contributed by atoms with Gasteiger partial charge in [-0.2, -0.15) is 0 Å². The van der Waals surface area contributed by atoms with Gasteiger partial charge >= 0.3 is 5.97 Å². The van der Waals surface area contributed by atoms with Crippen LogP contribution in [0.4, 0.5) is 5.69 Å². The predicted molar refractivity (Wildman–Crippen MR) is 87.8 cm³/mol. The highest BCUT2D eigenvalue weighted by Crippen LogP contribution is 2.42. The van der Waals surface area contributed by atoms with E-state index in [-0.39, 0.29) is 11.3 Å². The fourth-order valence-electron chi connectivity index (χ4n) is 2.89. The maximum Gasteiger partial charge on any atom is 0.328 e. The molecule has 5 heteroatoms. The molecule has 22 heavy (non-hydrogen) atoms. The Morgan fingerprint density at radius 3 is 2.91 bits per heavy atom. The topological polar surface area (TPSA) is 47.6 Å². The Kier molecular flexibility index (Phi) is 4.12. The van der Waals surface area contributed by atoms with Gasteiger partial charge in [-0.3, -0.25) is 0 Å². The molecule has 0 fully saturated rings. The van der Waals surface area contributed by atoms with Crippen molar-refractivity contribution in [2.24, 2.45) is 0 Å². The highest BCUT2D eigenvalue weighted by molar-refractivity contribution is 6.23. The molecule has 0 unspecified atom stereocenters. The van der Waals surface area contributed by atoms with E-state index in [0.29, 0.717) is 13.0 Å². The zero-order valence-electron chi connectivity index (χ0n) is 12.6. The van der Waals surface area contributed by atoms with Crippen molar-refractivity contribution in [2.75, 3.05) is 19.0 Å². The van der Waals surface area contributed by atoms with Crippen molar-refractivity contribution in [3.8, 4) is 5.75 Å². The molecule has 4 nitrogen and oxygen atoms in total. The molecule has 116 valence electrons. The third-order valence-electron chi connectivity index (χ3n) is 3.93. The largest absolute Gasteiger partial charge is 0.497 e. The molecule has 0 aliphatic carbocycles. The third-order valence-corrected chi connectivity index (χ3v) is 4.32. The van der Waals surface area contributed by atoms with E-state index in [0.717, 1.165) is 27.8 Å². The highest BCUT2D eigenvalue weighted by atomic mass is 35.5. The van der Waals surface area contributed by atoms with Crippen LogP contribution in [-0.4, -0.2) is 25.7 Å². The maximum absolute atomic E-state index is 11.9. The third kappa shape index (κ3) is 2.59. The molecule has 0 aromatic heterocycles. The van der Waals surface area contributed by atoms with Gasteiger partial charge < -0.3 is 14.8 Å². The number of benzene rings is 2. The Hall–Kier alpha value is -1.94. The van der Waals surface area contributed by atoms with Crippen molar-refractivity contribution >= 4 is 34.0 Å². The summed E-state index contributed by atoms with van der Waals surface area (Å²) in [6, 6.07) is 9.47. The molecule has 0 saturated carbocycles. The lowest BCUT2D eigenvalue weighted by Crippen LogP contribution is -2.35. The van der Waals surface area contributed by atoms with Crippen LogP contribution in [0.3, 0.4) is 0 Å². The van der Waals surface area contributed by atoms with Crippen LogP contribution >= 0.6 is 11.6 Å². The summed E-state index contributed by atoms with van der Waals surface area (Å²) in [4.78, 5) is 11.9. The fraction of sp³-hybridized carbons (Fsp3) is 0.353. The van der Waals surface area contributed by atoms with Crippen molar-refractivity contribution < 1.29 is 14.3 Å². The maximum atomic E-state index is 11.9. The van der Waals surface area contributed by atoms with Gasteiger partial charge in [0.1, 0.15) is 11.8 Å². The van der Waals surface area contributed by atoms with Crippen molar-refractivity contribution in [3.63, 3.8) is 0 Å². The summed E-state index contributed by atoms with van der Waals surface area (Å²) >= 11 is 6.56. The van der Waals surface area contributed by atoms with E-state index >= 15 is 0 Å². The van der Waals surface area contributed by atoms with Gasteiger partial charge in [0, 0.05) is 11.3 Å². The average molecular weight is 320 g/mol. The molecule has 3 rings (SSSR count). The summed E-state index contributed by atoms with van der Waals surface area (Å²) in [5.74, 6) is 0.556. The van der Waals surface area contributed by atoms with E-state index in [4.69, 9.17) is 21.1 Å². The van der Waals surface area contributed by atoms with Gasteiger partial charge in [-0.05, 0) is 42.3 Å². The number of carbonyl (C=O) groups excluding carboxylic acids is 1. The first-order valence-electron chi connectivity index (χ1n) is 7.32. The van der Waals surface area contributed by atoms with Gasteiger partial charge in [-0.15, -0.1) is 11.6 Å². The number of carbonyl (C=O) groups is 1. The number of hydrogen-bond acceptors (Lipinski definition) is 4. The van der Waals surface area contributed by atoms with Crippen LogP contribution in [0.1, 0.15) is 24.3 Å². The molecule has 0 spiro atoms. The van der Waals surface area contributed by atoms with Crippen LogP contribution < -0.4 is 10.1 Å². The smallest absolute Gasteiger partial charge is 0.328 e. The number of esters is 1. The van der Waals surface area contributed by atoms with Crippen LogP contribution in [0.2, 0.25) is 0 Å². The number of fused-ring (bicyclic) bond motifs is 3. The molecule has 2 aromatic carbocycles. The molecule has 1 N–H and O–H groups in total. The number of halogens is 1. The second kappa shape index (κ2) is 6.05. The van der Waals surface area contributed by atoms with E-state index in [9.17, 15) is 4.79 Å². The number of nitrogens with one attached hydrogen (secondary N) is 1. The second-order valence-electron chi connectivity index (χ2n) is 5.27. The standard InChI is InChI=1S/C17H18ClNO3/c1-3-22-17(20)15-9-13(18)16-12-6-5-11(21-2)8-10(12)4-7-14(16)19-15/h4-8,13,15,19H,3,9H2,1-2H3/t13-,15+/m1/s1. The van der Waals surface area contributed by atoms with E-state index in [1.165, 1.54) is 0 Å². The molecule has 0 amide bonds. The highest BCUT2D eigenvalue weighted by Gasteiger charge is 2.31. The van der Waals surface area contributed by atoms with Gasteiger partial charge in [-0.1, -0.05) is 12.1 Å². The summed E-state index contributed by atoms with van der Waals surface area (Å²) in [5.41, 5.74) is 1.92. The van der Waals surface area contributed by atoms with Gasteiger partial charge in [-0.25, -0.2) is 4.79 Å². The molecule has 1 aliphatic rings. The Balaban J connectivity index is 2.01. The number of ether oxygens (including phenoxy) is 2. The SMILES string of the molecule is CCOC(=O)[C@@H]1C[C@@H](Cl)c2c(ccc3cc(OC)ccc23)N1. The van der Waals surface area contributed by atoms with Crippen molar-refractivity contribution in [1.29, 1.82) is 0 Å². The molecule has 0 bridgehead atoms. The zero-order chi connectivity index (χ0) is 15.7. The van der Waals surface area contributed by atoms with Crippen LogP contribution in [-0.2, 0) is 9.53 Å². The lowest BCUT2D eigenvalue weighted by atomic mass is 9.92. The summed E-state index contributed by atoms with van der Waals surface area (Å²) < 4.78 is 10.3. The Morgan fingerprint density at radius 1 is 1.36 bits per heavy atom. The van der Waals surface area contributed by atoms with Crippen molar-refractivity contribution in [2.45, 2.75) is 24.8 Å². The summed E-state index contributed by atoms with van der Waals surface area (Å²) in [7, 11) is 1.65. The van der Waals surface area contributed by atoms with Crippen LogP contribution in [0.5, 0.6) is 5.75 Å². The number of methoxy groups -OCH3 is 1. The number of alkyl halides is 1. The van der Waals surface area contributed by atoms with Crippen LogP contribution in [0.15, 0.2) is 30.3 Å². The molecular formula is C17H18ClNO3. The van der Waals surface area contributed by atoms with Gasteiger partial charge in [0.05, 0.1) is 19.1 Å². The van der Waals surface area contributed by atoms with E-state index in [2.05, 4.69) is 5.32 Å². The average Bonchev–Trinajstić information content (AvgIpc) is 2.53. The Morgan fingerprint density at radius 2 is 2.18 bits per heavy atom. The first kappa shape index (κ1) is 15.0. The molecule has 1 aliphatic heterocycles. The second-order valence-corrected chi connectivity index (χ2v) is 5.79. The first-order chi connectivity index (χ1) is 10.6. The first-order valence-corrected chi connectivity index (χ1v) is 7.75. The van der Waals surface area contributed by atoms with Crippen molar-refractivity contribution in [1.82, 2.24) is 0 Å². The van der Waals surface area contributed by atoms with Gasteiger partial charge in [0.25, 0.3) is 0 Å². The molecule has 1 heterocycles. The van der Waals surface area contributed by atoms with E-state index in [1.54, 1.807) is 14.0 Å². The lowest BCUT2D eigenvalue weighted by Gasteiger charge is -2.30. The molecule has 2 aromatic rings. The van der Waals surface area contributed by atoms with Gasteiger partial charge in [0.15, 0.2) is 0 Å². The summed E-state index contributed by atoms with van der Waals surface area (Å²) in [5, 5.41) is 5.16. The fourth-order valence-corrected chi connectivity index (χ4v) is 3.30. The van der Waals surface area contributed by atoms with Crippen molar-refractivity contribution in [3.05, 3.63) is 35.9 Å².